The summed E-state index contributed by atoms with van der Waals surface area (Å²) in [6, 6.07) is 9.91. The first-order valence-electron chi connectivity index (χ1n) is 13.4. The van der Waals surface area contributed by atoms with Gasteiger partial charge in [-0.15, -0.1) is 11.8 Å². The molecule has 228 valence electrons. The van der Waals surface area contributed by atoms with E-state index in [1.54, 1.807) is 32.5 Å². The van der Waals surface area contributed by atoms with Gasteiger partial charge in [0.2, 0.25) is 0 Å². The molecule has 0 unspecified atom stereocenters. The molecular formula is C28H38O12S. The van der Waals surface area contributed by atoms with Crippen LogP contribution in [0.2, 0.25) is 0 Å². The number of carbonyl (C=O) groups excluding carboxylic acids is 3. The van der Waals surface area contributed by atoms with Crippen LogP contribution < -0.4 is 0 Å². The SMILES string of the molecule is CO[C@@H]1O[C@H](CSc2ccccc2)[C@@H]2OC(C)(C)O[C@@H]2[C@H]1O[C@@H]1O[C@@H](C)[C@H](OC(C)=O)[C@@H](OC(C)=O)[C@H]1OC(C)=O. The van der Waals surface area contributed by atoms with Crippen LogP contribution in [-0.4, -0.2) is 98.0 Å². The van der Waals surface area contributed by atoms with E-state index in [9.17, 15) is 14.4 Å². The molecule has 3 aliphatic heterocycles. The lowest BCUT2D eigenvalue weighted by Crippen LogP contribution is -2.64. The van der Waals surface area contributed by atoms with Crippen LogP contribution >= 0.6 is 11.8 Å². The average molecular weight is 599 g/mol. The van der Waals surface area contributed by atoms with Crippen molar-refractivity contribution in [3.8, 4) is 0 Å². The molecule has 0 saturated carbocycles. The van der Waals surface area contributed by atoms with Gasteiger partial charge in [-0.05, 0) is 32.9 Å². The molecule has 0 aliphatic carbocycles. The smallest absolute Gasteiger partial charge is 0.303 e. The van der Waals surface area contributed by atoms with Gasteiger partial charge < -0.3 is 42.6 Å². The first-order chi connectivity index (χ1) is 19.4. The van der Waals surface area contributed by atoms with Crippen molar-refractivity contribution < 1.29 is 57.0 Å². The highest BCUT2D eigenvalue weighted by Gasteiger charge is 2.59. The zero-order valence-corrected chi connectivity index (χ0v) is 25.0. The highest BCUT2D eigenvalue weighted by atomic mass is 32.2. The van der Waals surface area contributed by atoms with Gasteiger partial charge in [-0.3, -0.25) is 14.4 Å². The van der Waals surface area contributed by atoms with Crippen LogP contribution in [0.4, 0.5) is 0 Å². The van der Waals surface area contributed by atoms with Crippen LogP contribution in [0.3, 0.4) is 0 Å². The molecule has 4 rings (SSSR count). The molecule has 3 heterocycles. The largest absolute Gasteiger partial charge is 0.456 e. The zero-order chi connectivity index (χ0) is 29.9. The van der Waals surface area contributed by atoms with Crippen LogP contribution in [0.25, 0.3) is 0 Å². The number of methoxy groups -OCH3 is 1. The molecule has 13 heteroatoms. The van der Waals surface area contributed by atoms with E-state index >= 15 is 0 Å². The number of benzene rings is 1. The lowest BCUT2D eigenvalue weighted by atomic mass is 9.97. The molecule has 3 aliphatic rings. The minimum Gasteiger partial charge on any atom is -0.456 e. The molecule has 0 spiro atoms. The first kappa shape index (κ1) is 31.7. The molecule has 3 saturated heterocycles. The van der Waals surface area contributed by atoms with Crippen molar-refractivity contribution in [2.24, 2.45) is 0 Å². The summed E-state index contributed by atoms with van der Waals surface area (Å²) in [6.07, 6.45) is -9.00. The summed E-state index contributed by atoms with van der Waals surface area (Å²) in [5, 5.41) is 0. The second kappa shape index (κ2) is 13.4. The minimum absolute atomic E-state index is 0.408. The second-order valence-corrected chi connectivity index (χ2v) is 11.6. The fraction of sp³-hybridized carbons (Fsp3) is 0.679. The van der Waals surface area contributed by atoms with Crippen molar-refractivity contribution in [2.45, 2.75) is 114 Å². The normalized spacial score (nSPS) is 36.2. The molecule has 0 amide bonds. The maximum atomic E-state index is 12.1. The third-order valence-corrected chi connectivity index (χ3v) is 7.85. The number of hydrogen-bond acceptors (Lipinski definition) is 13. The summed E-state index contributed by atoms with van der Waals surface area (Å²) in [6.45, 7) is 8.85. The Labute approximate surface area is 243 Å². The van der Waals surface area contributed by atoms with Gasteiger partial charge in [0, 0.05) is 38.5 Å². The fourth-order valence-corrected chi connectivity index (χ4v) is 6.21. The van der Waals surface area contributed by atoms with E-state index in [2.05, 4.69) is 0 Å². The van der Waals surface area contributed by atoms with Gasteiger partial charge in [0.1, 0.15) is 18.3 Å². The summed E-state index contributed by atoms with van der Waals surface area (Å²) in [4.78, 5) is 37.1. The standard InChI is InChI=1S/C28H38O12S/c1-14-20(34-15(2)29)22(35-16(3)30)24(36-17(4)31)27(33-14)38-25-23-21(39-28(5,6)40-23)19(37-26(25)32-7)13-41-18-11-9-8-10-12-18/h8-12,14,19-27H,13H2,1-7H3/t14-,19+,20-,21-,22+,23-,24+,25+,26+,27-/m0/s1. The van der Waals surface area contributed by atoms with E-state index in [0.717, 1.165) is 4.90 Å². The van der Waals surface area contributed by atoms with Crippen molar-refractivity contribution in [1.82, 2.24) is 0 Å². The summed E-state index contributed by atoms with van der Waals surface area (Å²) in [5.74, 6) is -2.36. The number of thioether (sulfide) groups is 1. The van der Waals surface area contributed by atoms with Crippen LogP contribution in [-0.2, 0) is 57.0 Å². The Kier molecular flexibility index (Phi) is 10.3. The van der Waals surface area contributed by atoms with Crippen LogP contribution in [0.5, 0.6) is 0 Å². The molecule has 41 heavy (non-hydrogen) atoms. The quantitative estimate of drug-likeness (QED) is 0.234. The maximum Gasteiger partial charge on any atom is 0.303 e. The molecule has 0 bridgehead atoms. The lowest BCUT2D eigenvalue weighted by Gasteiger charge is -2.47. The predicted octanol–water partition coefficient (Wildman–Crippen LogP) is 2.60. The Morgan fingerprint density at radius 2 is 1.39 bits per heavy atom. The van der Waals surface area contributed by atoms with Crippen molar-refractivity contribution >= 4 is 29.7 Å². The van der Waals surface area contributed by atoms with E-state index in [4.69, 9.17) is 42.6 Å². The second-order valence-electron chi connectivity index (χ2n) is 10.5. The molecule has 1 aromatic rings. The van der Waals surface area contributed by atoms with Crippen molar-refractivity contribution in [3.63, 3.8) is 0 Å². The van der Waals surface area contributed by atoms with Gasteiger partial charge >= 0.3 is 17.9 Å². The van der Waals surface area contributed by atoms with Crippen molar-refractivity contribution in [2.75, 3.05) is 12.9 Å². The number of rotatable bonds is 9. The summed E-state index contributed by atoms with van der Waals surface area (Å²) < 4.78 is 53.5. The van der Waals surface area contributed by atoms with Gasteiger partial charge in [-0.2, -0.15) is 0 Å². The third kappa shape index (κ3) is 7.78. The van der Waals surface area contributed by atoms with Crippen LogP contribution in [0, 0.1) is 0 Å². The molecule has 1 aromatic carbocycles. The molecule has 0 radical (unpaired) electrons. The average Bonchev–Trinajstić information content (AvgIpc) is 3.23. The molecular weight excluding hydrogens is 560 g/mol. The zero-order valence-electron chi connectivity index (χ0n) is 24.2. The monoisotopic (exact) mass is 598 g/mol. The van der Waals surface area contributed by atoms with E-state index in [1.807, 2.05) is 30.3 Å². The molecule has 10 atom stereocenters. The number of carbonyl (C=O) groups is 3. The summed E-state index contributed by atoms with van der Waals surface area (Å²) >= 11 is 1.61. The number of esters is 3. The predicted molar refractivity (Wildman–Crippen MR) is 143 cm³/mol. The number of ether oxygens (including phenoxy) is 9. The number of fused-ring (bicyclic) bond motifs is 1. The third-order valence-electron chi connectivity index (χ3n) is 6.75. The lowest BCUT2D eigenvalue weighted by molar-refractivity contribution is -0.352. The van der Waals surface area contributed by atoms with E-state index in [1.165, 1.54) is 27.9 Å². The Balaban J connectivity index is 1.60. The molecule has 3 fully saturated rings. The van der Waals surface area contributed by atoms with E-state index in [0.29, 0.717) is 5.75 Å². The van der Waals surface area contributed by atoms with E-state index in [-0.39, 0.29) is 0 Å². The van der Waals surface area contributed by atoms with Gasteiger partial charge in [-0.25, -0.2) is 0 Å². The van der Waals surface area contributed by atoms with Crippen LogP contribution in [0.1, 0.15) is 41.5 Å². The minimum atomic E-state index is -1.28. The Bertz CT molecular complexity index is 1070. The van der Waals surface area contributed by atoms with Crippen molar-refractivity contribution in [3.05, 3.63) is 30.3 Å². The van der Waals surface area contributed by atoms with Gasteiger partial charge in [0.25, 0.3) is 0 Å². The number of hydrogen-bond donors (Lipinski definition) is 0. The topological polar surface area (TPSA) is 134 Å². The maximum absolute atomic E-state index is 12.1. The van der Waals surface area contributed by atoms with E-state index < -0.39 is 85.1 Å². The Morgan fingerprint density at radius 3 is 2.00 bits per heavy atom. The fourth-order valence-electron chi connectivity index (χ4n) is 5.24. The molecule has 0 aromatic heterocycles. The van der Waals surface area contributed by atoms with Gasteiger partial charge in [0.15, 0.2) is 36.7 Å². The van der Waals surface area contributed by atoms with Crippen molar-refractivity contribution in [1.29, 1.82) is 0 Å². The van der Waals surface area contributed by atoms with Gasteiger partial charge in [0.05, 0.1) is 12.2 Å². The summed E-state index contributed by atoms with van der Waals surface area (Å²) in [7, 11) is 1.48. The highest BCUT2D eigenvalue weighted by molar-refractivity contribution is 7.99. The molecule has 0 N–H and O–H groups in total. The molecule has 12 nitrogen and oxygen atoms in total. The van der Waals surface area contributed by atoms with Gasteiger partial charge in [-0.1, -0.05) is 18.2 Å². The Hall–Kier alpha value is -2.26. The Morgan fingerprint density at radius 1 is 0.805 bits per heavy atom. The van der Waals surface area contributed by atoms with Crippen LogP contribution in [0.15, 0.2) is 35.2 Å². The summed E-state index contributed by atoms with van der Waals surface area (Å²) in [5.41, 5.74) is 0. The first-order valence-corrected chi connectivity index (χ1v) is 14.4. The highest BCUT2D eigenvalue weighted by Crippen LogP contribution is 2.42.